The summed E-state index contributed by atoms with van der Waals surface area (Å²) in [7, 11) is 0. The summed E-state index contributed by atoms with van der Waals surface area (Å²) >= 11 is 6.40. The van der Waals surface area contributed by atoms with Crippen LogP contribution in [0.3, 0.4) is 0 Å². The molecule has 8 heteroatoms. The number of nitrogens with one attached hydrogen (secondary N) is 2. The number of aryl methyl sites for hydroxylation is 1. The highest BCUT2D eigenvalue weighted by molar-refractivity contribution is 6.32. The summed E-state index contributed by atoms with van der Waals surface area (Å²) in [5.74, 6) is -0.584. The van der Waals surface area contributed by atoms with Gasteiger partial charge < -0.3 is 4.98 Å². The number of aromatic amines is 1. The molecule has 0 bridgehead atoms. The third kappa shape index (κ3) is 3.90. The first-order chi connectivity index (χ1) is 14.0. The van der Waals surface area contributed by atoms with Crippen molar-refractivity contribution in [2.45, 2.75) is 13.3 Å². The molecule has 0 fully saturated rings. The fourth-order valence-corrected chi connectivity index (χ4v) is 3.39. The summed E-state index contributed by atoms with van der Waals surface area (Å²) in [6.07, 6.45) is 3.47. The predicted molar refractivity (Wildman–Crippen MR) is 111 cm³/mol. The molecule has 0 radical (unpaired) electrons. The van der Waals surface area contributed by atoms with Gasteiger partial charge in [-0.05, 0) is 42.8 Å². The van der Waals surface area contributed by atoms with Crippen molar-refractivity contribution in [2.24, 2.45) is 5.10 Å². The summed E-state index contributed by atoms with van der Waals surface area (Å²) in [5, 5.41) is 9.70. The zero-order valence-corrected chi connectivity index (χ0v) is 16.2. The average Bonchev–Trinajstić information content (AvgIpc) is 3.24. The van der Waals surface area contributed by atoms with Gasteiger partial charge in [0.1, 0.15) is 11.0 Å². The molecular formula is C21H17ClFN5O. The van der Waals surface area contributed by atoms with E-state index in [1.807, 2.05) is 30.5 Å². The standard InChI is InChI=1S/C21H17ClFN5O/c1-13-18(21(22)28(27-13)16-8-6-15(23)7-9-16)12-25-26-20(29)10-14-11-24-19-5-3-2-4-17(14)19/h2-9,11-12,24H,10H2,1H3,(H,26,29)/b25-12+. The lowest BCUT2D eigenvalue weighted by Gasteiger charge is -2.02. The minimum Gasteiger partial charge on any atom is -0.361 e. The number of nitrogens with zero attached hydrogens (tertiary/aromatic N) is 3. The van der Waals surface area contributed by atoms with Gasteiger partial charge in [0.15, 0.2) is 0 Å². The maximum Gasteiger partial charge on any atom is 0.244 e. The second kappa shape index (κ2) is 7.89. The number of amides is 1. The zero-order valence-electron chi connectivity index (χ0n) is 15.5. The molecule has 2 heterocycles. The van der Waals surface area contributed by atoms with Crippen LogP contribution in [0.15, 0.2) is 59.8 Å². The van der Waals surface area contributed by atoms with Crippen LogP contribution in [0, 0.1) is 12.7 Å². The average molecular weight is 410 g/mol. The molecule has 0 atom stereocenters. The Labute approximate surface area is 171 Å². The number of rotatable bonds is 5. The Morgan fingerprint density at radius 1 is 1.28 bits per heavy atom. The van der Waals surface area contributed by atoms with E-state index in [1.54, 1.807) is 19.1 Å². The van der Waals surface area contributed by atoms with E-state index in [2.05, 4.69) is 20.6 Å². The van der Waals surface area contributed by atoms with Crippen LogP contribution >= 0.6 is 11.6 Å². The van der Waals surface area contributed by atoms with Crippen molar-refractivity contribution >= 4 is 34.6 Å². The molecular weight excluding hydrogens is 393 g/mol. The highest BCUT2D eigenvalue weighted by Gasteiger charge is 2.14. The number of carbonyl (C=O) groups excluding carboxylic acids is 1. The maximum absolute atomic E-state index is 13.1. The first kappa shape index (κ1) is 18.9. The molecule has 2 aromatic heterocycles. The molecule has 0 aliphatic carbocycles. The molecule has 0 aliphatic rings. The Morgan fingerprint density at radius 3 is 2.83 bits per heavy atom. The highest BCUT2D eigenvalue weighted by atomic mass is 35.5. The number of aromatic nitrogens is 3. The van der Waals surface area contributed by atoms with Crippen molar-refractivity contribution in [1.29, 1.82) is 0 Å². The van der Waals surface area contributed by atoms with E-state index in [9.17, 15) is 9.18 Å². The summed E-state index contributed by atoms with van der Waals surface area (Å²) < 4.78 is 14.6. The van der Waals surface area contributed by atoms with E-state index >= 15 is 0 Å². The van der Waals surface area contributed by atoms with Crippen molar-refractivity contribution in [3.63, 3.8) is 0 Å². The smallest absolute Gasteiger partial charge is 0.244 e. The molecule has 1 amide bonds. The number of fused-ring (bicyclic) bond motifs is 1. The maximum atomic E-state index is 13.1. The largest absolute Gasteiger partial charge is 0.361 e. The quantitative estimate of drug-likeness (QED) is 0.384. The molecule has 4 rings (SSSR count). The lowest BCUT2D eigenvalue weighted by atomic mass is 10.1. The van der Waals surface area contributed by atoms with Crippen molar-refractivity contribution < 1.29 is 9.18 Å². The number of H-pyrrole nitrogens is 1. The van der Waals surface area contributed by atoms with E-state index in [-0.39, 0.29) is 18.1 Å². The minimum atomic E-state index is -0.339. The van der Waals surface area contributed by atoms with Gasteiger partial charge in [0, 0.05) is 17.1 Å². The molecule has 29 heavy (non-hydrogen) atoms. The van der Waals surface area contributed by atoms with Crippen LogP contribution in [-0.4, -0.2) is 26.9 Å². The first-order valence-electron chi connectivity index (χ1n) is 8.91. The monoisotopic (exact) mass is 409 g/mol. The van der Waals surface area contributed by atoms with Gasteiger partial charge in [0.25, 0.3) is 0 Å². The normalized spacial score (nSPS) is 11.4. The molecule has 0 aliphatic heterocycles. The molecule has 146 valence electrons. The van der Waals surface area contributed by atoms with Crippen LogP contribution in [0.1, 0.15) is 16.8 Å². The lowest BCUT2D eigenvalue weighted by molar-refractivity contribution is -0.120. The van der Waals surface area contributed by atoms with Gasteiger partial charge in [-0.3, -0.25) is 4.79 Å². The third-order valence-electron chi connectivity index (χ3n) is 4.53. The van der Waals surface area contributed by atoms with E-state index in [0.717, 1.165) is 16.5 Å². The van der Waals surface area contributed by atoms with E-state index in [0.29, 0.717) is 22.1 Å². The molecule has 2 N–H and O–H groups in total. The molecule has 6 nitrogen and oxygen atoms in total. The number of carbonyl (C=O) groups is 1. The van der Waals surface area contributed by atoms with Crippen LogP contribution in [0.2, 0.25) is 5.15 Å². The predicted octanol–water partition coefficient (Wildman–Crippen LogP) is 4.15. The number of hydrogen-bond acceptors (Lipinski definition) is 3. The Balaban J connectivity index is 1.46. The van der Waals surface area contributed by atoms with Crippen molar-refractivity contribution in [3.05, 3.63) is 82.5 Å². The molecule has 2 aromatic carbocycles. The van der Waals surface area contributed by atoms with Crippen LogP contribution in [0.4, 0.5) is 4.39 Å². The van der Waals surface area contributed by atoms with Crippen molar-refractivity contribution in [3.8, 4) is 5.69 Å². The Hall–Kier alpha value is -3.45. The van der Waals surface area contributed by atoms with E-state index in [1.165, 1.54) is 23.0 Å². The fraction of sp³-hybridized carbons (Fsp3) is 0.0952. The van der Waals surface area contributed by atoms with Crippen molar-refractivity contribution in [1.82, 2.24) is 20.2 Å². The van der Waals surface area contributed by atoms with Gasteiger partial charge in [-0.25, -0.2) is 14.5 Å². The molecule has 0 saturated carbocycles. The number of hydrogen-bond donors (Lipinski definition) is 2. The number of benzene rings is 2. The highest BCUT2D eigenvalue weighted by Crippen LogP contribution is 2.22. The summed E-state index contributed by atoms with van der Waals surface area (Å²) in [5.41, 5.74) is 6.23. The van der Waals surface area contributed by atoms with Crippen molar-refractivity contribution in [2.75, 3.05) is 0 Å². The Morgan fingerprint density at radius 2 is 2.03 bits per heavy atom. The summed E-state index contributed by atoms with van der Waals surface area (Å²) in [6.45, 7) is 1.78. The first-order valence-corrected chi connectivity index (χ1v) is 9.28. The SMILES string of the molecule is Cc1nn(-c2ccc(F)cc2)c(Cl)c1/C=N/NC(=O)Cc1c[nH]c2ccccc12. The number of para-hydroxylation sites is 1. The van der Waals surface area contributed by atoms with Gasteiger partial charge in [0.2, 0.25) is 5.91 Å². The second-order valence-electron chi connectivity index (χ2n) is 6.51. The molecule has 0 spiro atoms. The van der Waals surface area contributed by atoms with Gasteiger partial charge in [0.05, 0.1) is 29.6 Å². The molecule has 0 unspecified atom stereocenters. The summed E-state index contributed by atoms with van der Waals surface area (Å²) in [6, 6.07) is 13.6. The lowest BCUT2D eigenvalue weighted by Crippen LogP contribution is -2.19. The number of halogens is 2. The van der Waals surface area contributed by atoms with Crippen LogP contribution in [0.25, 0.3) is 16.6 Å². The van der Waals surface area contributed by atoms with Crippen LogP contribution in [-0.2, 0) is 11.2 Å². The van der Waals surface area contributed by atoms with Crippen LogP contribution < -0.4 is 5.43 Å². The fourth-order valence-electron chi connectivity index (χ4n) is 3.07. The van der Waals surface area contributed by atoms with Gasteiger partial charge >= 0.3 is 0 Å². The van der Waals surface area contributed by atoms with Crippen LogP contribution in [0.5, 0.6) is 0 Å². The molecule has 4 aromatic rings. The number of hydrazone groups is 1. The Kier molecular flexibility index (Phi) is 5.14. The minimum absolute atomic E-state index is 0.197. The Bertz CT molecular complexity index is 1210. The van der Waals surface area contributed by atoms with E-state index < -0.39 is 0 Å². The zero-order chi connectivity index (χ0) is 20.4. The topological polar surface area (TPSA) is 75.1 Å². The van der Waals surface area contributed by atoms with Gasteiger partial charge in [-0.1, -0.05) is 29.8 Å². The molecule has 0 saturated heterocycles. The summed E-state index contributed by atoms with van der Waals surface area (Å²) in [4.78, 5) is 15.4. The van der Waals surface area contributed by atoms with Gasteiger partial charge in [-0.15, -0.1) is 0 Å². The van der Waals surface area contributed by atoms with E-state index in [4.69, 9.17) is 11.6 Å². The second-order valence-corrected chi connectivity index (χ2v) is 6.87. The third-order valence-corrected chi connectivity index (χ3v) is 4.89. The van der Waals surface area contributed by atoms with Gasteiger partial charge in [-0.2, -0.15) is 10.2 Å².